The Hall–Kier alpha value is -1.06. The molecule has 1 aromatic carbocycles. The Balaban J connectivity index is 2.06. The standard InChI is InChI=1S/C11H16N2O/c1-14-6-5-13-11-4-2-3-9-7-12-8-10(9)11/h2-4,12-13H,5-8H2,1H3. The summed E-state index contributed by atoms with van der Waals surface area (Å²) in [6.07, 6.45) is 0. The van der Waals surface area contributed by atoms with Crippen molar-refractivity contribution in [3.63, 3.8) is 0 Å². The monoisotopic (exact) mass is 192 g/mol. The summed E-state index contributed by atoms with van der Waals surface area (Å²) in [6, 6.07) is 6.40. The van der Waals surface area contributed by atoms with E-state index in [9.17, 15) is 0 Å². The highest BCUT2D eigenvalue weighted by atomic mass is 16.5. The molecule has 2 N–H and O–H groups in total. The molecular weight excluding hydrogens is 176 g/mol. The van der Waals surface area contributed by atoms with Crippen LogP contribution in [0, 0.1) is 0 Å². The summed E-state index contributed by atoms with van der Waals surface area (Å²) >= 11 is 0. The lowest BCUT2D eigenvalue weighted by Gasteiger charge is -2.09. The molecule has 0 radical (unpaired) electrons. The summed E-state index contributed by atoms with van der Waals surface area (Å²) in [7, 11) is 1.72. The van der Waals surface area contributed by atoms with Gasteiger partial charge in [0.15, 0.2) is 0 Å². The van der Waals surface area contributed by atoms with E-state index in [0.717, 1.165) is 26.2 Å². The zero-order chi connectivity index (χ0) is 9.80. The van der Waals surface area contributed by atoms with Gasteiger partial charge in [-0.15, -0.1) is 0 Å². The quantitative estimate of drug-likeness (QED) is 0.706. The Labute approximate surface area is 84.5 Å². The first kappa shape index (κ1) is 9.49. The van der Waals surface area contributed by atoms with E-state index >= 15 is 0 Å². The van der Waals surface area contributed by atoms with Crippen LogP contribution >= 0.6 is 0 Å². The largest absolute Gasteiger partial charge is 0.383 e. The Morgan fingerprint density at radius 1 is 1.43 bits per heavy atom. The number of methoxy groups -OCH3 is 1. The van der Waals surface area contributed by atoms with Crippen LogP contribution in [0.15, 0.2) is 18.2 Å². The number of nitrogens with one attached hydrogen (secondary N) is 2. The zero-order valence-electron chi connectivity index (χ0n) is 8.47. The van der Waals surface area contributed by atoms with E-state index in [0.29, 0.717) is 0 Å². The van der Waals surface area contributed by atoms with Gasteiger partial charge in [-0.05, 0) is 17.2 Å². The first-order valence-electron chi connectivity index (χ1n) is 4.96. The highest BCUT2D eigenvalue weighted by molar-refractivity contribution is 5.56. The van der Waals surface area contributed by atoms with Gasteiger partial charge >= 0.3 is 0 Å². The molecule has 0 fully saturated rings. The molecule has 2 rings (SSSR count). The van der Waals surface area contributed by atoms with Crippen LogP contribution in [0.5, 0.6) is 0 Å². The second kappa shape index (κ2) is 4.44. The Kier molecular flexibility index (Phi) is 3.01. The van der Waals surface area contributed by atoms with Crippen molar-refractivity contribution in [1.82, 2.24) is 5.32 Å². The van der Waals surface area contributed by atoms with Gasteiger partial charge in [-0.1, -0.05) is 12.1 Å². The van der Waals surface area contributed by atoms with Crippen LogP contribution in [0.3, 0.4) is 0 Å². The molecule has 0 saturated carbocycles. The summed E-state index contributed by atoms with van der Waals surface area (Å²) in [5, 5.41) is 6.73. The third-order valence-electron chi connectivity index (χ3n) is 2.51. The molecule has 76 valence electrons. The molecule has 1 aliphatic rings. The lowest BCUT2D eigenvalue weighted by Crippen LogP contribution is -2.09. The van der Waals surface area contributed by atoms with E-state index < -0.39 is 0 Å². The van der Waals surface area contributed by atoms with Gasteiger partial charge in [0.1, 0.15) is 0 Å². The van der Waals surface area contributed by atoms with Crippen molar-refractivity contribution in [1.29, 1.82) is 0 Å². The van der Waals surface area contributed by atoms with Crippen LogP contribution in [0.25, 0.3) is 0 Å². The lowest BCUT2D eigenvalue weighted by atomic mass is 10.1. The van der Waals surface area contributed by atoms with E-state index in [4.69, 9.17) is 4.74 Å². The predicted octanol–water partition coefficient (Wildman–Crippen LogP) is 1.35. The minimum atomic E-state index is 0.747. The fourth-order valence-corrected chi connectivity index (χ4v) is 1.78. The van der Waals surface area contributed by atoms with E-state index in [-0.39, 0.29) is 0 Å². The summed E-state index contributed by atoms with van der Waals surface area (Å²) in [6.45, 7) is 3.59. The van der Waals surface area contributed by atoms with Gasteiger partial charge in [-0.2, -0.15) is 0 Å². The molecule has 14 heavy (non-hydrogen) atoms. The average Bonchev–Trinajstić information content (AvgIpc) is 2.67. The maximum atomic E-state index is 5.00. The van der Waals surface area contributed by atoms with Crippen LogP contribution in [0.4, 0.5) is 5.69 Å². The number of hydrogen-bond donors (Lipinski definition) is 2. The maximum Gasteiger partial charge on any atom is 0.0635 e. The zero-order valence-corrected chi connectivity index (χ0v) is 8.47. The number of benzene rings is 1. The van der Waals surface area contributed by atoms with Crippen molar-refractivity contribution in [2.75, 3.05) is 25.6 Å². The highest BCUT2D eigenvalue weighted by Gasteiger charge is 2.12. The van der Waals surface area contributed by atoms with Gasteiger partial charge in [0.05, 0.1) is 6.61 Å². The van der Waals surface area contributed by atoms with Crippen LogP contribution in [-0.2, 0) is 17.8 Å². The fraction of sp³-hybridized carbons (Fsp3) is 0.455. The van der Waals surface area contributed by atoms with Crippen molar-refractivity contribution in [2.24, 2.45) is 0 Å². The molecule has 0 spiro atoms. The third kappa shape index (κ3) is 1.89. The van der Waals surface area contributed by atoms with Gasteiger partial charge in [-0.3, -0.25) is 0 Å². The minimum absolute atomic E-state index is 0.747. The molecule has 1 aliphatic heterocycles. The van der Waals surface area contributed by atoms with Gasteiger partial charge in [-0.25, -0.2) is 0 Å². The highest BCUT2D eigenvalue weighted by Crippen LogP contribution is 2.23. The molecule has 1 heterocycles. The topological polar surface area (TPSA) is 33.3 Å². The van der Waals surface area contributed by atoms with Gasteiger partial charge in [0, 0.05) is 32.4 Å². The van der Waals surface area contributed by atoms with Crippen LogP contribution in [-0.4, -0.2) is 20.3 Å². The molecule has 1 aromatic rings. The Morgan fingerprint density at radius 2 is 2.36 bits per heavy atom. The summed E-state index contributed by atoms with van der Waals surface area (Å²) in [4.78, 5) is 0. The molecule has 0 atom stereocenters. The van der Waals surface area contributed by atoms with Crippen LogP contribution < -0.4 is 10.6 Å². The molecule has 3 nitrogen and oxygen atoms in total. The third-order valence-corrected chi connectivity index (χ3v) is 2.51. The molecule has 0 bridgehead atoms. The normalized spacial score (nSPS) is 14.1. The van der Waals surface area contributed by atoms with Crippen molar-refractivity contribution in [2.45, 2.75) is 13.1 Å². The molecule has 0 aliphatic carbocycles. The number of fused-ring (bicyclic) bond motifs is 1. The number of hydrogen-bond acceptors (Lipinski definition) is 3. The molecule has 0 amide bonds. The minimum Gasteiger partial charge on any atom is -0.383 e. The van der Waals surface area contributed by atoms with E-state index in [1.165, 1.54) is 16.8 Å². The van der Waals surface area contributed by atoms with E-state index in [2.05, 4.69) is 28.8 Å². The van der Waals surface area contributed by atoms with Crippen molar-refractivity contribution >= 4 is 5.69 Å². The first-order chi connectivity index (χ1) is 6.92. The van der Waals surface area contributed by atoms with Crippen molar-refractivity contribution in [3.05, 3.63) is 29.3 Å². The fourth-order valence-electron chi connectivity index (χ4n) is 1.78. The summed E-state index contributed by atoms with van der Waals surface area (Å²) < 4.78 is 5.00. The number of ether oxygens (including phenoxy) is 1. The number of rotatable bonds is 4. The van der Waals surface area contributed by atoms with E-state index in [1.807, 2.05) is 0 Å². The predicted molar refractivity (Wildman–Crippen MR) is 57.4 cm³/mol. The lowest BCUT2D eigenvalue weighted by molar-refractivity contribution is 0.211. The van der Waals surface area contributed by atoms with Crippen LogP contribution in [0.2, 0.25) is 0 Å². The van der Waals surface area contributed by atoms with Crippen molar-refractivity contribution < 1.29 is 4.74 Å². The smallest absolute Gasteiger partial charge is 0.0635 e. The molecule has 0 aromatic heterocycles. The summed E-state index contributed by atoms with van der Waals surface area (Å²) in [5.74, 6) is 0. The Morgan fingerprint density at radius 3 is 3.21 bits per heavy atom. The SMILES string of the molecule is COCCNc1cccc2c1CNC2. The molecule has 0 saturated heterocycles. The van der Waals surface area contributed by atoms with Gasteiger partial charge < -0.3 is 15.4 Å². The van der Waals surface area contributed by atoms with Crippen molar-refractivity contribution in [3.8, 4) is 0 Å². The second-order valence-corrected chi connectivity index (χ2v) is 3.47. The molecule has 0 unspecified atom stereocenters. The summed E-state index contributed by atoms with van der Waals surface area (Å²) in [5.41, 5.74) is 4.06. The molecular formula is C11H16N2O. The second-order valence-electron chi connectivity index (χ2n) is 3.47. The number of anilines is 1. The van der Waals surface area contributed by atoms with E-state index in [1.54, 1.807) is 7.11 Å². The Bertz CT molecular complexity index is 312. The first-order valence-corrected chi connectivity index (χ1v) is 4.96. The maximum absolute atomic E-state index is 5.00. The average molecular weight is 192 g/mol. The van der Waals surface area contributed by atoms with Gasteiger partial charge in [0.25, 0.3) is 0 Å². The van der Waals surface area contributed by atoms with Gasteiger partial charge in [0.2, 0.25) is 0 Å². The van der Waals surface area contributed by atoms with Crippen LogP contribution in [0.1, 0.15) is 11.1 Å². The molecule has 3 heteroatoms.